The molecule has 2 fully saturated rings. The van der Waals surface area contributed by atoms with Crippen LogP contribution in [0.3, 0.4) is 0 Å². The van der Waals surface area contributed by atoms with Crippen molar-refractivity contribution < 1.29 is 0 Å². The molecular weight excluding hydrogens is 264 g/mol. The molecule has 20 heavy (non-hydrogen) atoms. The molecule has 0 N–H and O–H groups in total. The lowest BCUT2D eigenvalue weighted by Crippen LogP contribution is -2.48. The average Bonchev–Trinajstić information content (AvgIpc) is 2.42. The summed E-state index contributed by atoms with van der Waals surface area (Å²) in [5.74, 6) is 0.617. The van der Waals surface area contributed by atoms with Gasteiger partial charge < -0.3 is 0 Å². The third-order valence-corrected chi connectivity index (χ3v) is 5.87. The van der Waals surface area contributed by atoms with E-state index in [0.29, 0.717) is 16.7 Å². The van der Waals surface area contributed by atoms with Gasteiger partial charge in [0.1, 0.15) is 0 Å². The van der Waals surface area contributed by atoms with E-state index in [1.807, 2.05) is 0 Å². The molecule has 0 aromatic heterocycles. The van der Waals surface area contributed by atoms with Gasteiger partial charge >= 0.3 is 0 Å². The summed E-state index contributed by atoms with van der Waals surface area (Å²) in [6.07, 6.45) is 5.51. The van der Waals surface area contributed by atoms with Gasteiger partial charge in [0.05, 0.1) is 0 Å². The van der Waals surface area contributed by atoms with Gasteiger partial charge in [-0.25, -0.2) is 0 Å². The molecule has 2 aliphatic heterocycles. The molecule has 1 atom stereocenters. The van der Waals surface area contributed by atoms with Gasteiger partial charge in [0.2, 0.25) is 0 Å². The van der Waals surface area contributed by atoms with Gasteiger partial charge in [-0.2, -0.15) is 12.6 Å². The number of piperidine rings is 2. The molecule has 0 bridgehead atoms. The van der Waals surface area contributed by atoms with Gasteiger partial charge in [-0.15, -0.1) is 0 Å². The molecule has 2 aliphatic rings. The van der Waals surface area contributed by atoms with Crippen molar-refractivity contribution in [3.05, 3.63) is 12.2 Å². The maximum atomic E-state index is 4.57. The molecule has 116 valence electrons. The number of hydrogen-bond donors (Lipinski definition) is 1. The fourth-order valence-corrected chi connectivity index (χ4v) is 3.76. The Hall–Kier alpha value is 0.0100. The lowest BCUT2D eigenvalue weighted by molar-refractivity contribution is 0.0356. The van der Waals surface area contributed by atoms with Crippen LogP contribution in [0, 0.1) is 11.3 Å². The average molecular weight is 297 g/mol. The Morgan fingerprint density at radius 1 is 1.05 bits per heavy atom. The van der Waals surface area contributed by atoms with Crippen LogP contribution in [0.4, 0.5) is 0 Å². The van der Waals surface area contributed by atoms with Crippen molar-refractivity contribution in [1.82, 2.24) is 9.80 Å². The van der Waals surface area contributed by atoms with E-state index in [1.54, 1.807) is 0 Å². The van der Waals surface area contributed by atoms with Crippen molar-refractivity contribution in [2.24, 2.45) is 11.3 Å². The first-order valence-corrected chi connectivity index (χ1v) is 8.76. The minimum absolute atomic E-state index is 0.418. The Kier molecular flexibility index (Phi) is 5.61. The predicted molar refractivity (Wildman–Crippen MR) is 91.3 cm³/mol. The van der Waals surface area contributed by atoms with Crippen LogP contribution >= 0.6 is 12.6 Å². The van der Waals surface area contributed by atoms with Crippen molar-refractivity contribution in [3.8, 4) is 0 Å². The fraction of sp³-hybridized carbons (Fsp3) is 0.882. The summed E-state index contributed by atoms with van der Waals surface area (Å²) in [5.41, 5.74) is 2.02. The van der Waals surface area contributed by atoms with E-state index in [-0.39, 0.29) is 0 Å². The highest BCUT2D eigenvalue weighted by molar-refractivity contribution is 7.80. The van der Waals surface area contributed by atoms with Crippen LogP contribution in [0.1, 0.15) is 46.5 Å². The van der Waals surface area contributed by atoms with Gasteiger partial charge in [-0.05, 0) is 70.1 Å². The fourth-order valence-electron chi connectivity index (χ4n) is 3.53. The Balaban J connectivity index is 1.78. The normalized spacial score (nSPS) is 26.1. The van der Waals surface area contributed by atoms with E-state index in [4.69, 9.17) is 0 Å². The first kappa shape index (κ1) is 16.4. The molecule has 2 rings (SSSR count). The predicted octanol–water partition coefficient (Wildman–Crippen LogP) is 3.65. The van der Waals surface area contributed by atoms with Crippen LogP contribution in [0.25, 0.3) is 0 Å². The third-order valence-electron chi connectivity index (χ3n) is 5.55. The number of rotatable bonds is 4. The summed E-state index contributed by atoms with van der Waals surface area (Å²) >= 11 is 4.57. The van der Waals surface area contributed by atoms with E-state index >= 15 is 0 Å². The lowest BCUT2D eigenvalue weighted by atomic mass is 9.71. The summed E-state index contributed by atoms with van der Waals surface area (Å²) in [5, 5.41) is 0.418. The van der Waals surface area contributed by atoms with Crippen molar-refractivity contribution in [2.45, 2.75) is 51.8 Å². The third kappa shape index (κ3) is 4.02. The van der Waals surface area contributed by atoms with Gasteiger partial charge in [-0.3, -0.25) is 9.80 Å². The number of thiol groups is 1. The molecule has 0 aromatic carbocycles. The van der Waals surface area contributed by atoms with E-state index in [2.05, 4.69) is 49.8 Å². The van der Waals surface area contributed by atoms with Crippen LogP contribution in [-0.4, -0.2) is 47.9 Å². The Morgan fingerprint density at radius 2 is 1.55 bits per heavy atom. The highest BCUT2D eigenvalue weighted by Gasteiger charge is 2.37. The molecule has 3 heteroatoms. The van der Waals surface area contributed by atoms with Crippen LogP contribution in [0.15, 0.2) is 12.2 Å². The van der Waals surface area contributed by atoms with Gasteiger partial charge in [0, 0.05) is 11.9 Å². The van der Waals surface area contributed by atoms with Crippen molar-refractivity contribution in [3.63, 3.8) is 0 Å². The lowest BCUT2D eigenvalue weighted by Gasteiger charge is -2.47. The molecule has 2 nitrogen and oxygen atoms in total. The topological polar surface area (TPSA) is 6.48 Å². The quantitative estimate of drug-likeness (QED) is 0.625. The molecule has 2 heterocycles. The second-order valence-corrected chi connectivity index (χ2v) is 8.00. The molecule has 2 saturated heterocycles. The SMILES string of the molecule is C=C(CN1CCC2(CC1)CCN(C(C)S)CC2)C(C)C. The Labute approximate surface area is 131 Å². The molecule has 0 radical (unpaired) electrons. The monoisotopic (exact) mass is 296 g/mol. The summed E-state index contributed by atoms with van der Waals surface area (Å²) in [4.78, 5) is 5.13. The van der Waals surface area contributed by atoms with Crippen LogP contribution < -0.4 is 0 Å². The Bertz CT molecular complexity index is 320. The van der Waals surface area contributed by atoms with Crippen molar-refractivity contribution >= 4 is 12.6 Å². The van der Waals surface area contributed by atoms with E-state index < -0.39 is 0 Å². The van der Waals surface area contributed by atoms with Gasteiger partial charge in [-0.1, -0.05) is 26.0 Å². The maximum absolute atomic E-state index is 4.57. The smallest absolute Gasteiger partial charge is 0.0499 e. The molecular formula is C17H32N2S. The number of likely N-dealkylation sites (tertiary alicyclic amines) is 2. The van der Waals surface area contributed by atoms with Crippen molar-refractivity contribution in [1.29, 1.82) is 0 Å². The van der Waals surface area contributed by atoms with Crippen LogP contribution in [0.5, 0.6) is 0 Å². The molecule has 1 spiro atoms. The van der Waals surface area contributed by atoms with Crippen molar-refractivity contribution in [2.75, 3.05) is 32.7 Å². The largest absolute Gasteiger partial charge is 0.299 e. The number of hydrogen-bond acceptors (Lipinski definition) is 3. The van der Waals surface area contributed by atoms with E-state index in [9.17, 15) is 0 Å². The molecule has 1 unspecified atom stereocenters. The minimum Gasteiger partial charge on any atom is -0.299 e. The van der Waals surface area contributed by atoms with Gasteiger partial charge in [0.15, 0.2) is 0 Å². The first-order chi connectivity index (χ1) is 9.42. The highest BCUT2D eigenvalue weighted by atomic mass is 32.1. The first-order valence-electron chi connectivity index (χ1n) is 8.24. The highest BCUT2D eigenvalue weighted by Crippen LogP contribution is 2.41. The van der Waals surface area contributed by atoms with Crippen LogP contribution in [0.2, 0.25) is 0 Å². The van der Waals surface area contributed by atoms with E-state index in [0.717, 1.165) is 6.54 Å². The van der Waals surface area contributed by atoms with Gasteiger partial charge in [0.25, 0.3) is 0 Å². The molecule has 0 saturated carbocycles. The summed E-state index contributed by atoms with van der Waals surface area (Å²) in [6, 6.07) is 0. The zero-order valence-corrected chi connectivity index (χ0v) is 14.5. The zero-order chi connectivity index (χ0) is 14.8. The standard InChI is InChI=1S/C17H32N2S/c1-14(2)15(3)13-18-9-5-17(6-10-18)7-11-19(12-8-17)16(4)20/h14,16,20H,3,5-13H2,1-2,4H3. The summed E-state index contributed by atoms with van der Waals surface area (Å²) < 4.78 is 0. The molecule has 0 aliphatic carbocycles. The minimum atomic E-state index is 0.418. The second-order valence-electron chi connectivity index (χ2n) is 7.26. The summed E-state index contributed by atoms with van der Waals surface area (Å²) in [6.45, 7) is 17.0. The van der Waals surface area contributed by atoms with Crippen LogP contribution in [-0.2, 0) is 0 Å². The Morgan fingerprint density at radius 3 is 2.00 bits per heavy atom. The maximum Gasteiger partial charge on any atom is 0.0499 e. The second kappa shape index (κ2) is 6.85. The summed E-state index contributed by atoms with van der Waals surface area (Å²) in [7, 11) is 0. The number of nitrogens with zero attached hydrogens (tertiary/aromatic N) is 2. The van der Waals surface area contributed by atoms with E-state index in [1.165, 1.54) is 57.4 Å². The zero-order valence-electron chi connectivity index (χ0n) is 13.6. The molecule has 0 amide bonds. The molecule has 0 aromatic rings.